The number of H-pyrrole nitrogens is 1. The zero-order valence-electron chi connectivity index (χ0n) is 13.8. The fraction of sp³-hybridized carbons (Fsp3) is 0.294. The highest BCUT2D eigenvalue weighted by Crippen LogP contribution is 2.22. The van der Waals surface area contributed by atoms with Gasteiger partial charge in [0.1, 0.15) is 11.4 Å². The van der Waals surface area contributed by atoms with E-state index in [1.54, 1.807) is 47.2 Å². The van der Waals surface area contributed by atoms with Crippen LogP contribution in [0.3, 0.4) is 0 Å². The first kappa shape index (κ1) is 16.7. The number of aromatic nitrogens is 2. The van der Waals surface area contributed by atoms with E-state index in [0.717, 1.165) is 6.41 Å². The average molecular weight is 342 g/mol. The maximum Gasteiger partial charge on any atom is 0.346 e. The van der Waals surface area contributed by atoms with E-state index in [-0.39, 0.29) is 11.6 Å². The second-order valence-electron chi connectivity index (χ2n) is 5.65. The van der Waals surface area contributed by atoms with Crippen LogP contribution in [-0.4, -0.2) is 65.4 Å². The summed E-state index contributed by atoms with van der Waals surface area (Å²) in [5, 5.41) is 0. The summed E-state index contributed by atoms with van der Waals surface area (Å²) in [5.41, 5.74) is 0.676. The molecule has 1 aromatic carbocycles. The number of amides is 2. The molecule has 1 aromatic heterocycles. The molecule has 2 heterocycles. The molecule has 0 unspecified atom stereocenters. The molecule has 1 aliphatic rings. The van der Waals surface area contributed by atoms with Gasteiger partial charge in [-0.3, -0.25) is 9.59 Å². The molecule has 130 valence electrons. The first-order valence-corrected chi connectivity index (χ1v) is 7.85. The Kier molecular flexibility index (Phi) is 4.78. The Hall–Kier alpha value is -3.16. The molecule has 25 heavy (non-hydrogen) atoms. The quantitative estimate of drug-likeness (QED) is 0.810. The van der Waals surface area contributed by atoms with Crippen LogP contribution in [0.15, 0.2) is 35.1 Å². The third-order valence-corrected chi connectivity index (χ3v) is 4.09. The van der Waals surface area contributed by atoms with Gasteiger partial charge in [0.25, 0.3) is 5.91 Å². The van der Waals surface area contributed by atoms with E-state index in [2.05, 4.69) is 9.97 Å². The van der Waals surface area contributed by atoms with Gasteiger partial charge in [-0.15, -0.1) is 0 Å². The molecule has 1 aliphatic heterocycles. The lowest BCUT2D eigenvalue weighted by Crippen LogP contribution is -2.48. The Balaban J connectivity index is 1.87. The van der Waals surface area contributed by atoms with E-state index in [0.29, 0.717) is 43.2 Å². The normalized spacial score (nSPS) is 14.3. The molecule has 2 amide bonds. The van der Waals surface area contributed by atoms with Crippen LogP contribution in [0.2, 0.25) is 0 Å². The minimum Gasteiger partial charge on any atom is -0.497 e. The Labute approximate surface area is 144 Å². The zero-order chi connectivity index (χ0) is 17.8. The molecule has 0 spiro atoms. The number of methoxy groups -OCH3 is 1. The summed E-state index contributed by atoms with van der Waals surface area (Å²) in [7, 11) is 1.55. The molecule has 2 aromatic rings. The van der Waals surface area contributed by atoms with Crippen molar-refractivity contribution in [1.82, 2.24) is 19.8 Å². The van der Waals surface area contributed by atoms with Crippen LogP contribution in [0.25, 0.3) is 11.3 Å². The number of ether oxygens (including phenoxy) is 1. The maximum absolute atomic E-state index is 12.7. The van der Waals surface area contributed by atoms with Gasteiger partial charge < -0.3 is 19.5 Å². The van der Waals surface area contributed by atoms with Crippen LogP contribution >= 0.6 is 0 Å². The van der Waals surface area contributed by atoms with Gasteiger partial charge in [0, 0.05) is 31.7 Å². The molecule has 1 saturated heterocycles. The second kappa shape index (κ2) is 7.16. The van der Waals surface area contributed by atoms with E-state index < -0.39 is 5.69 Å². The topological polar surface area (TPSA) is 95.6 Å². The van der Waals surface area contributed by atoms with Gasteiger partial charge in [-0.1, -0.05) is 12.1 Å². The number of benzene rings is 1. The highest BCUT2D eigenvalue weighted by atomic mass is 16.5. The largest absolute Gasteiger partial charge is 0.497 e. The van der Waals surface area contributed by atoms with Crippen LogP contribution in [0.1, 0.15) is 10.5 Å². The second-order valence-corrected chi connectivity index (χ2v) is 5.65. The Morgan fingerprint density at radius 2 is 2.00 bits per heavy atom. The standard InChI is InChI=1S/C17H18N4O4/c1-25-13-4-2-3-12(9-13)14-10-15(19-17(24)18-14)16(23)21-7-5-20(11-22)6-8-21/h2-4,9-11H,5-8H2,1H3,(H,18,19,24). The van der Waals surface area contributed by atoms with E-state index in [1.807, 2.05) is 0 Å². The van der Waals surface area contributed by atoms with Gasteiger partial charge in [0.15, 0.2) is 0 Å². The molecule has 0 atom stereocenters. The molecule has 1 fully saturated rings. The molecule has 1 N–H and O–H groups in total. The third-order valence-electron chi connectivity index (χ3n) is 4.09. The smallest absolute Gasteiger partial charge is 0.346 e. The summed E-state index contributed by atoms with van der Waals surface area (Å²) in [6, 6.07) is 8.68. The highest BCUT2D eigenvalue weighted by Gasteiger charge is 2.22. The number of carbonyl (C=O) groups excluding carboxylic acids is 2. The first-order chi connectivity index (χ1) is 12.1. The van der Waals surface area contributed by atoms with Gasteiger partial charge in [-0.05, 0) is 18.2 Å². The number of nitrogens with one attached hydrogen (secondary N) is 1. The van der Waals surface area contributed by atoms with Crippen LogP contribution in [-0.2, 0) is 4.79 Å². The predicted molar refractivity (Wildman–Crippen MR) is 90.4 cm³/mol. The summed E-state index contributed by atoms with van der Waals surface area (Å²) in [4.78, 5) is 45.0. The van der Waals surface area contributed by atoms with Crippen molar-refractivity contribution in [2.75, 3.05) is 33.3 Å². The van der Waals surface area contributed by atoms with Crippen LogP contribution in [0.5, 0.6) is 5.75 Å². The van der Waals surface area contributed by atoms with E-state index in [9.17, 15) is 14.4 Å². The molecule has 8 nitrogen and oxygen atoms in total. The van der Waals surface area contributed by atoms with Gasteiger partial charge >= 0.3 is 5.69 Å². The number of piperazine rings is 1. The maximum atomic E-state index is 12.7. The molecule has 0 radical (unpaired) electrons. The van der Waals surface area contributed by atoms with Gasteiger partial charge in [0.2, 0.25) is 6.41 Å². The van der Waals surface area contributed by atoms with Gasteiger partial charge in [-0.2, -0.15) is 4.98 Å². The van der Waals surface area contributed by atoms with E-state index >= 15 is 0 Å². The van der Waals surface area contributed by atoms with E-state index in [1.165, 1.54) is 0 Å². The minimum absolute atomic E-state index is 0.178. The zero-order valence-corrected chi connectivity index (χ0v) is 13.8. The van der Waals surface area contributed by atoms with Crippen molar-refractivity contribution in [3.8, 4) is 17.0 Å². The number of nitrogens with zero attached hydrogens (tertiary/aromatic N) is 3. The predicted octanol–water partition coefficient (Wildman–Crippen LogP) is 0.360. The lowest BCUT2D eigenvalue weighted by molar-refractivity contribution is -0.119. The molecule has 3 rings (SSSR count). The molecule has 0 aliphatic carbocycles. The number of hydrogen-bond donors (Lipinski definition) is 1. The summed E-state index contributed by atoms with van der Waals surface area (Å²) in [6.07, 6.45) is 0.775. The van der Waals surface area contributed by atoms with Crippen molar-refractivity contribution >= 4 is 12.3 Å². The first-order valence-electron chi connectivity index (χ1n) is 7.85. The lowest BCUT2D eigenvalue weighted by Gasteiger charge is -2.32. The molecule has 0 bridgehead atoms. The minimum atomic E-state index is -0.588. The molecule has 8 heteroatoms. The number of hydrogen-bond acceptors (Lipinski definition) is 5. The van der Waals surface area contributed by atoms with Crippen molar-refractivity contribution < 1.29 is 14.3 Å². The number of carbonyl (C=O) groups is 2. The Bertz CT molecular complexity index is 841. The SMILES string of the molecule is COc1cccc(-c2cc(C(=O)N3CCN(C=O)CC3)[nH]c(=O)n2)c1. The van der Waals surface area contributed by atoms with Crippen molar-refractivity contribution in [1.29, 1.82) is 0 Å². The number of aromatic amines is 1. The van der Waals surface area contributed by atoms with Crippen LogP contribution in [0.4, 0.5) is 0 Å². The van der Waals surface area contributed by atoms with Crippen molar-refractivity contribution in [2.24, 2.45) is 0 Å². The average Bonchev–Trinajstić information content (AvgIpc) is 2.67. The monoisotopic (exact) mass is 342 g/mol. The van der Waals surface area contributed by atoms with Crippen molar-refractivity contribution in [3.05, 3.63) is 46.5 Å². The van der Waals surface area contributed by atoms with Gasteiger partial charge in [-0.25, -0.2) is 4.79 Å². The van der Waals surface area contributed by atoms with Crippen molar-refractivity contribution in [2.45, 2.75) is 0 Å². The highest BCUT2D eigenvalue weighted by molar-refractivity contribution is 5.93. The van der Waals surface area contributed by atoms with E-state index in [4.69, 9.17) is 4.74 Å². The summed E-state index contributed by atoms with van der Waals surface area (Å²) in [6.45, 7) is 1.81. The summed E-state index contributed by atoms with van der Waals surface area (Å²) >= 11 is 0. The van der Waals surface area contributed by atoms with Crippen molar-refractivity contribution in [3.63, 3.8) is 0 Å². The Morgan fingerprint density at radius 1 is 1.24 bits per heavy atom. The Morgan fingerprint density at radius 3 is 2.68 bits per heavy atom. The molecular formula is C17H18N4O4. The summed E-state index contributed by atoms with van der Waals surface area (Å²) < 4.78 is 5.18. The van der Waals surface area contributed by atoms with Crippen LogP contribution in [0, 0.1) is 0 Å². The molecular weight excluding hydrogens is 324 g/mol. The third kappa shape index (κ3) is 3.68. The fourth-order valence-electron chi connectivity index (χ4n) is 2.70. The van der Waals surface area contributed by atoms with Gasteiger partial charge in [0.05, 0.1) is 12.8 Å². The molecule has 0 saturated carbocycles. The number of rotatable bonds is 4. The summed E-state index contributed by atoms with van der Waals surface area (Å²) in [5.74, 6) is 0.353. The lowest BCUT2D eigenvalue weighted by atomic mass is 10.1. The van der Waals surface area contributed by atoms with Crippen LogP contribution < -0.4 is 10.4 Å². The fourth-order valence-corrected chi connectivity index (χ4v) is 2.70.